The fourth-order valence-electron chi connectivity index (χ4n) is 3.59. The minimum atomic E-state index is -0.560. The molecular weight excluding hydrogens is 292 g/mol. The van der Waals surface area contributed by atoms with Gasteiger partial charge in [0.05, 0.1) is 19.3 Å². The number of carbonyl (C=O) groups is 1. The second-order valence-electron chi connectivity index (χ2n) is 7.21. The van der Waals surface area contributed by atoms with Crippen LogP contribution in [0.1, 0.15) is 50.8 Å². The molecule has 1 aliphatic heterocycles. The molecule has 2 aliphatic rings. The second-order valence-corrected chi connectivity index (χ2v) is 7.21. The van der Waals surface area contributed by atoms with Crippen molar-refractivity contribution in [1.82, 2.24) is 10.6 Å². The third-order valence-corrected chi connectivity index (χ3v) is 4.85. The highest BCUT2D eigenvalue weighted by Gasteiger charge is 2.37. The Morgan fingerprint density at radius 2 is 1.91 bits per heavy atom. The number of rotatable bonds is 4. The monoisotopic (exact) mass is 318 g/mol. The number of carbonyl (C=O) groups excluding carboxylic acids is 1. The molecule has 1 aliphatic carbocycles. The van der Waals surface area contributed by atoms with Gasteiger partial charge in [-0.3, -0.25) is 0 Å². The maximum atomic E-state index is 12.2. The van der Waals surface area contributed by atoms with Gasteiger partial charge in [-0.1, -0.05) is 38.1 Å². The van der Waals surface area contributed by atoms with Gasteiger partial charge in [-0.15, -0.1) is 0 Å². The zero-order chi connectivity index (χ0) is 16.5. The summed E-state index contributed by atoms with van der Waals surface area (Å²) in [6.07, 6.45) is 1.57. The molecule has 0 spiro atoms. The fraction of sp³-hybridized carbons (Fsp3) is 0.611. The first-order valence-electron chi connectivity index (χ1n) is 8.31. The van der Waals surface area contributed by atoms with Gasteiger partial charge in [0.2, 0.25) is 0 Å². The van der Waals surface area contributed by atoms with Gasteiger partial charge < -0.3 is 20.1 Å². The van der Waals surface area contributed by atoms with Gasteiger partial charge in [0, 0.05) is 13.0 Å². The summed E-state index contributed by atoms with van der Waals surface area (Å²) in [5, 5.41) is 6.01. The number of urea groups is 1. The molecule has 1 atom stereocenters. The number of amides is 2. The number of hydrogen-bond acceptors (Lipinski definition) is 3. The summed E-state index contributed by atoms with van der Waals surface area (Å²) in [7, 11) is 0. The van der Waals surface area contributed by atoms with Crippen molar-refractivity contribution in [2.45, 2.75) is 50.9 Å². The number of nitrogens with one attached hydrogen (secondary N) is 2. The van der Waals surface area contributed by atoms with E-state index in [1.165, 1.54) is 11.1 Å². The van der Waals surface area contributed by atoms with E-state index in [2.05, 4.69) is 42.7 Å². The predicted octanol–water partition coefficient (Wildman–Crippen LogP) is 2.86. The van der Waals surface area contributed by atoms with Crippen LogP contribution in [-0.4, -0.2) is 31.6 Å². The molecular formula is C18H26N2O3. The highest BCUT2D eigenvalue weighted by atomic mass is 16.7. The van der Waals surface area contributed by atoms with Crippen molar-refractivity contribution in [3.63, 3.8) is 0 Å². The Bertz CT molecular complexity index is 579. The van der Waals surface area contributed by atoms with Gasteiger partial charge in [0.1, 0.15) is 0 Å². The lowest BCUT2D eigenvalue weighted by atomic mass is 9.86. The lowest BCUT2D eigenvalue weighted by molar-refractivity contribution is -0.145. The van der Waals surface area contributed by atoms with Crippen LogP contribution < -0.4 is 10.6 Å². The lowest BCUT2D eigenvalue weighted by Gasteiger charge is -2.23. The zero-order valence-corrected chi connectivity index (χ0v) is 14.1. The molecule has 0 unspecified atom stereocenters. The molecule has 2 N–H and O–H groups in total. The second kappa shape index (κ2) is 6.13. The Hall–Kier alpha value is -1.59. The van der Waals surface area contributed by atoms with Gasteiger partial charge in [-0.25, -0.2) is 4.79 Å². The average Bonchev–Trinajstić information content (AvgIpc) is 3.02. The molecule has 1 aromatic carbocycles. The summed E-state index contributed by atoms with van der Waals surface area (Å²) in [5.74, 6) is -0.560. The first-order chi connectivity index (χ1) is 10.9. The predicted molar refractivity (Wildman–Crippen MR) is 88.3 cm³/mol. The van der Waals surface area contributed by atoms with Crippen molar-refractivity contribution in [3.8, 4) is 0 Å². The van der Waals surface area contributed by atoms with Gasteiger partial charge >= 0.3 is 6.03 Å². The Kier molecular flexibility index (Phi) is 4.34. The maximum absolute atomic E-state index is 12.2. The van der Waals surface area contributed by atoms with Gasteiger partial charge in [-0.2, -0.15) is 0 Å². The third kappa shape index (κ3) is 3.51. The average molecular weight is 318 g/mol. The molecule has 126 valence electrons. The quantitative estimate of drug-likeness (QED) is 0.897. The van der Waals surface area contributed by atoms with E-state index in [0.717, 1.165) is 6.42 Å². The molecule has 2 amide bonds. The smallest absolute Gasteiger partial charge is 0.315 e. The van der Waals surface area contributed by atoms with E-state index in [0.29, 0.717) is 26.2 Å². The summed E-state index contributed by atoms with van der Waals surface area (Å²) in [5.41, 5.74) is 2.64. The summed E-state index contributed by atoms with van der Waals surface area (Å²) >= 11 is 0. The van der Waals surface area contributed by atoms with Gasteiger partial charge in [-0.05, 0) is 29.9 Å². The Morgan fingerprint density at radius 1 is 1.22 bits per heavy atom. The van der Waals surface area contributed by atoms with Crippen LogP contribution >= 0.6 is 0 Å². The topological polar surface area (TPSA) is 59.6 Å². The Balaban J connectivity index is 1.53. The van der Waals surface area contributed by atoms with E-state index in [1.54, 1.807) is 0 Å². The number of ether oxygens (including phenoxy) is 2. The molecule has 1 aromatic rings. The molecule has 0 aromatic heterocycles. The standard InChI is InChI=1S/C18H26N2O3/c1-17(2)12-15(13-6-4-5-7-14(13)17)20-16(21)19-9-8-18(3)22-10-11-23-18/h4-7,15H,8-12H2,1-3H3,(H2,19,20,21)/t15-/m1/s1. The van der Waals surface area contributed by atoms with E-state index in [9.17, 15) is 4.79 Å². The highest BCUT2D eigenvalue weighted by Crippen LogP contribution is 2.44. The van der Waals surface area contributed by atoms with Crippen molar-refractivity contribution >= 4 is 6.03 Å². The maximum Gasteiger partial charge on any atom is 0.315 e. The summed E-state index contributed by atoms with van der Waals surface area (Å²) < 4.78 is 11.1. The van der Waals surface area contributed by atoms with E-state index in [1.807, 2.05) is 13.0 Å². The molecule has 23 heavy (non-hydrogen) atoms. The van der Waals surface area contributed by atoms with Crippen LogP contribution in [0.15, 0.2) is 24.3 Å². The van der Waals surface area contributed by atoms with Crippen LogP contribution in [0.4, 0.5) is 4.79 Å². The van der Waals surface area contributed by atoms with Crippen molar-refractivity contribution < 1.29 is 14.3 Å². The first-order valence-corrected chi connectivity index (χ1v) is 8.31. The zero-order valence-electron chi connectivity index (χ0n) is 14.1. The lowest BCUT2D eigenvalue weighted by Crippen LogP contribution is -2.40. The van der Waals surface area contributed by atoms with E-state index < -0.39 is 5.79 Å². The molecule has 5 nitrogen and oxygen atoms in total. The van der Waals surface area contributed by atoms with Crippen LogP contribution in [-0.2, 0) is 14.9 Å². The highest BCUT2D eigenvalue weighted by molar-refractivity contribution is 5.74. The minimum Gasteiger partial charge on any atom is -0.348 e. The Labute approximate surface area is 137 Å². The van der Waals surface area contributed by atoms with Gasteiger partial charge in [0.15, 0.2) is 5.79 Å². The van der Waals surface area contributed by atoms with Gasteiger partial charge in [0.25, 0.3) is 0 Å². The molecule has 3 rings (SSSR count). The van der Waals surface area contributed by atoms with Crippen LogP contribution in [0, 0.1) is 0 Å². The van der Waals surface area contributed by atoms with Crippen molar-refractivity contribution in [2.75, 3.05) is 19.8 Å². The number of hydrogen-bond donors (Lipinski definition) is 2. The molecule has 0 saturated carbocycles. The molecule has 0 radical (unpaired) electrons. The van der Waals surface area contributed by atoms with Crippen LogP contribution in [0.3, 0.4) is 0 Å². The van der Waals surface area contributed by atoms with Crippen LogP contribution in [0.5, 0.6) is 0 Å². The summed E-state index contributed by atoms with van der Waals surface area (Å²) in [6.45, 7) is 8.13. The van der Waals surface area contributed by atoms with E-state index >= 15 is 0 Å². The molecule has 5 heteroatoms. The number of benzene rings is 1. The Morgan fingerprint density at radius 3 is 2.65 bits per heavy atom. The van der Waals surface area contributed by atoms with Crippen molar-refractivity contribution in [2.24, 2.45) is 0 Å². The SMILES string of the molecule is CC1(CCNC(=O)N[C@@H]2CC(C)(C)c3ccccc32)OCCO1. The molecule has 1 saturated heterocycles. The minimum absolute atomic E-state index is 0.0655. The van der Waals surface area contributed by atoms with E-state index in [-0.39, 0.29) is 17.5 Å². The largest absolute Gasteiger partial charge is 0.348 e. The molecule has 0 bridgehead atoms. The molecule has 1 heterocycles. The third-order valence-electron chi connectivity index (χ3n) is 4.85. The van der Waals surface area contributed by atoms with Crippen LogP contribution in [0.2, 0.25) is 0 Å². The van der Waals surface area contributed by atoms with Crippen molar-refractivity contribution in [1.29, 1.82) is 0 Å². The normalized spacial score (nSPS) is 24.2. The van der Waals surface area contributed by atoms with Crippen LogP contribution in [0.25, 0.3) is 0 Å². The first kappa shape index (κ1) is 16.3. The fourth-order valence-corrected chi connectivity index (χ4v) is 3.59. The van der Waals surface area contributed by atoms with Crippen molar-refractivity contribution in [3.05, 3.63) is 35.4 Å². The summed E-state index contributed by atoms with van der Waals surface area (Å²) in [4.78, 5) is 12.2. The van der Waals surface area contributed by atoms with E-state index in [4.69, 9.17) is 9.47 Å². The molecule has 1 fully saturated rings. The number of fused-ring (bicyclic) bond motifs is 1. The summed E-state index contributed by atoms with van der Waals surface area (Å²) in [6, 6.07) is 8.29.